The van der Waals surface area contributed by atoms with E-state index in [-0.39, 0.29) is 0 Å². The zero-order chi connectivity index (χ0) is 14.3. The molecule has 2 N–H and O–H groups in total. The van der Waals surface area contributed by atoms with Crippen LogP contribution < -0.4 is 10.6 Å². The molecular weight excluding hydrogens is 244 g/mol. The van der Waals surface area contributed by atoms with E-state index in [2.05, 4.69) is 54.8 Å². The van der Waals surface area contributed by atoms with Gasteiger partial charge in [-0.05, 0) is 42.7 Å². The molecule has 0 amide bonds. The molecule has 1 aromatic rings. The molecule has 112 valence electrons. The average Bonchev–Trinajstić information content (AvgIpc) is 2.87. The van der Waals surface area contributed by atoms with Crippen LogP contribution in [0, 0.1) is 11.3 Å². The summed E-state index contributed by atoms with van der Waals surface area (Å²) in [6.45, 7) is 7.96. The van der Waals surface area contributed by atoms with Crippen LogP contribution >= 0.6 is 0 Å². The normalized spacial score (nSPS) is 17.6. The van der Waals surface area contributed by atoms with Crippen LogP contribution in [0.3, 0.4) is 0 Å². The molecule has 2 rings (SSSR count). The zero-order valence-electron chi connectivity index (χ0n) is 13.1. The molecule has 1 aromatic carbocycles. The van der Waals surface area contributed by atoms with E-state index in [1.54, 1.807) is 0 Å². The van der Waals surface area contributed by atoms with Gasteiger partial charge >= 0.3 is 0 Å². The van der Waals surface area contributed by atoms with Crippen LogP contribution in [-0.2, 0) is 0 Å². The molecule has 0 heterocycles. The minimum absolute atomic E-state index is 0.584. The summed E-state index contributed by atoms with van der Waals surface area (Å²) in [5.41, 5.74) is 1.80. The highest BCUT2D eigenvalue weighted by atomic mass is 14.9. The van der Waals surface area contributed by atoms with Crippen LogP contribution in [0.15, 0.2) is 30.3 Å². The second-order valence-corrected chi connectivity index (χ2v) is 6.77. The summed E-state index contributed by atoms with van der Waals surface area (Å²) in [7, 11) is 0. The summed E-state index contributed by atoms with van der Waals surface area (Å²) >= 11 is 0. The number of rotatable bonds is 8. The molecular formula is C18H30N2. The SMILES string of the molecule is CC(C)CC1(CNCCNc2ccccc2)CCCC1. The number of anilines is 1. The van der Waals surface area contributed by atoms with E-state index < -0.39 is 0 Å². The maximum atomic E-state index is 3.68. The second kappa shape index (κ2) is 7.68. The van der Waals surface area contributed by atoms with Crippen LogP contribution in [-0.4, -0.2) is 19.6 Å². The fraction of sp³-hybridized carbons (Fsp3) is 0.667. The van der Waals surface area contributed by atoms with Crippen molar-refractivity contribution in [1.82, 2.24) is 5.32 Å². The van der Waals surface area contributed by atoms with Crippen molar-refractivity contribution >= 4 is 5.69 Å². The number of hydrogen-bond donors (Lipinski definition) is 2. The summed E-state index contributed by atoms with van der Waals surface area (Å²) in [4.78, 5) is 0. The largest absolute Gasteiger partial charge is 0.384 e. The molecule has 0 aliphatic heterocycles. The molecule has 1 aliphatic carbocycles. The van der Waals surface area contributed by atoms with Crippen molar-refractivity contribution in [3.8, 4) is 0 Å². The first-order valence-corrected chi connectivity index (χ1v) is 8.20. The zero-order valence-corrected chi connectivity index (χ0v) is 13.1. The standard InChI is InChI=1S/C18H30N2/c1-16(2)14-18(10-6-7-11-18)15-19-12-13-20-17-8-4-3-5-9-17/h3-5,8-9,16,19-20H,6-7,10-15H2,1-2H3. The highest BCUT2D eigenvalue weighted by Crippen LogP contribution is 2.42. The Kier molecular flexibility index (Phi) is 5.90. The van der Waals surface area contributed by atoms with Gasteiger partial charge in [0.2, 0.25) is 0 Å². The van der Waals surface area contributed by atoms with Gasteiger partial charge in [0.05, 0.1) is 0 Å². The molecule has 20 heavy (non-hydrogen) atoms. The van der Waals surface area contributed by atoms with Gasteiger partial charge in [-0.2, -0.15) is 0 Å². The minimum Gasteiger partial charge on any atom is -0.384 e. The molecule has 0 atom stereocenters. The van der Waals surface area contributed by atoms with Crippen molar-refractivity contribution in [2.75, 3.05) is 25.0 Å². The lowest BCUT2D eigenvalue weighted by Crippen LogP contribution is -2.35. The van der Waals surface area contributed by atoms with Crippen molar-refractivity contribution in [2.24, 2.45) is 11.3 Å². The Balaban J connectivity index is 1.66. The van der Waals surface area contributed by atoms with Crippen molar-refractivity contribution in [1.29, 1.82) is 0 Å². The molecule has 1 fully saturated rings. The summed E-state index contributed by atoms with van der Waals surface area (Å²) in [6, 6.07) is 10.4. The van der Waals surface area contributed by atoms with Crippen molar-refractivity contribution in [3.05, 3.63) is 30.3 Å². The maximum absolute atomic E-state index is 3.68. The van der Waals surface area contributed by atoms with E-state index >= 15 is 0 Å². The predicted octanol–water partition coefficient (Wildman–Crippen LogP) is 4.29. The molecule has 0 unspecified atom stereocenters. The second-order valence-electron chi connectivity index (χ2n) is 6.77. The van der Waals surface area contributed by atoms with Crippen LogP contribution in [0.2, 0.25) is 0 Å². The summed E-state index contributed by atoms with van der Waals surface area (Å²) in [6.07, 6.45) is 7.08. The fourth-order valence-corrected chi connectivity index (χ4v) is 3.65. The van der Waals surface area contributed by atoms with Gasteiger partial charge in [-0.1, -0.05) is 44.9 Å². The van der Waals surface area contributed by atoms with Crippen molar-refractivity contribution < 1.29 is 0 Å². The lowest BCUT2D eigenvalue weighted by molar-refractivity contribution is 0.225. The topological polar surface area (TPSA) is 24.1 Å². The van der Waals surface area contributed by atoms with Crippen LogP contribution in [0.4, 0.5) is 5.69 Å². The molecule has 0 saturated heterocycles. The molecule has 2 heteroatoms. The lowest BCUT2D eigenvalue weighted by Gasteiger charge is -2.31. The van der Waals surface area contributed by atoms with Gasteiger partial charge in [0.25, 0.3) is 0 Å². The maximum Gasteiger partial charge on any atom is 0.0340 e. The molecule has 0 radical (unpaired) electrons. The first kappa shape index (κ1) is 15.4. The van der Waals surface area contributed by atoms with Crippen molar-refractivity contribution in [3.63, 3.8) is 0 Å². The van der Waals surface area contributed by atoms with Gasteiger partial charge in [-0.15, -0.1) is 0 Å². The van der Waals surface area contributed by atoms with E-state index in [1.807, 2.05) is 0 Å². The third kappa shape index (κ3) is 4.82. The van der Waals surface area contributed by atoms with E-state index in [4.69, 9.17) is 0 Å². The number of para-hydroxylation sites is 1. The lowest BCUT2D eigenvalue weighted by atomic mass is 9.78. The van der Waals surface area contributed by atoms with Crippen LogP contribution in [0.1, 0.15) is 46.0 Å². The Bertz CT molecular complexity index is 366. The fourth-order valence-electron chi connectivity index (χ4n) is 3.65. The Morgan fingerprint density at radius 3 is 2.40 bits per heavy atom. The first-order valence-electron chi connectivity index (χ1n) is 8.20. The van der Waals surface area contributed by atoms with Gasteiger partial charge in [0.1, 0.15) is 0 Å². The molecule has 1 aliphatic rings. The monoisotopic (exact) mass is 274 g/mol. The molecule has 1 saturated carbocycles. The van der Waals surface area contributed by atoms with Gasteiger partial charge in [-0.25, -0.2) is 0 Å². The van der Waals surface area contributed by atoms with Gasteiger partial charge in [0.15, 0.2) is 0 Å². The van der Waals surface area contributed by atoms with E-state index in [0.717, 1.165) is 19.0 Å². The average molecular weight is 274 g/mol. The number of benzene rings is 1. The van der Waals surface area contributed by atoms with Crippen LogP contribution in [0.25, 0.3) is 0 Å². The van der Waals surface area contributed by atoms with Crippen molar-refractivity contribution in [2.45, 2.75) is 46.0 Å². The third-order valence-corrected chi connectivity index (χ3v) is 4.41. The highest BCUT2D eigenvalue weighted by Gasteiger charge is 2.33. The predicted molar refractivity (Wildman–Crippen MR) is 88.2 cm³/mol. The minimum atomic E-state index is 0.584. The molecule has 0 aromatic heterocycles. The Hall–Kier alpha value is -1.02. The third-order valence-electron chi connectivity index (χ3n) is 4.41. The van der Waals surface area contributed by atoms with E-state index in [0.29, 0.717) is 5.41 Å². The molecule has 0 bridgehead atoms. The smallest absolute Gasteiger partial charge is 0.0340 e. The quantitative estimate of drug-likeness (QED) is 0.691. The van der Waals surface area contributed by atoms with Gasteiger partial charge in [0, 0.05) is 25.3 Å². The summed E-state index contributed by atoms with van der Waals surface area (Å²) in [5.74, 6) is 0.817. The van der Waals surface area contributed by atoms with Crippen LogP contribution in [0.5, 0.6) is 0 Å². The Morgan fingerprint density at radius 2 is 1.75 bits per heavy atom. The van der Waals surface area contributed by atoms with Gasteiger partial charge in [-0.3, -0.25) is 0 Å². The molecule has 0 spiro atoms. The Morgan fingerprint density at radius 1 is 1.05 bits per heavy atom. The van der Waals surface area contributed by atoms with E-state index in [1.165, 1.54) is 44.3 Å². The number of hydrogen-bond acceptors (Lipinski definition) is 2. The van der Waals surface area contributed by atoms with E-state index in [9.17, 15) is 0 Å². The summed E-state index contributed by atoms with van der Waals surface area (Å²) in [5, 5.41) is 7.14. The molecule has 2 nitrogen and oxygen atoms in total. The highest BCUT2D eigenvalue weighted by molar-refractivity contribution is 5.42. The van der Waals surface area contributed by atoms with Gasteiger partial charge < -0.3 is 10.6 Å². The Labute approximate surface area is 124 Å². The first-order chi connectivity index (χ1) is 9.70. The summed E-state index contributed by atoms with van der Waals surface area (Å²) < 4.78 is 0. The number of nitrogens with one attached hydrogen (secondary N) is 2.